The first-order chi connectivity index (χ1) is 8.21. The van der Waals surface area contributed by atoms with Crippen molar-refractivity contribution in [3.63, 3.8) is 0 Å². The highest BCUT2D eigenvalue weighted by Crippen LogP contribution is 2.34. The third kappa shape index (κ3) is 4.80. The van der Waals surface area contributed by atoms with Crippen molar-refractivity contribution < 1.29 is 9.53 Å². The number of hydrogen-bond acceptors (Lipinski definition) is 3. The lowest BCUT2D eigenvalue weighted by molar-refractivity contribution is 0.112. The van der Waals surface area contributed by atoms with E-state index in [2.05, 4.69) is 29.8 Å². The van der Waals surface area contributed by atoms with Gasteiger partial charge in [-0.2, -0.15) is 0 Å². The normalized spacial score (nSPS) is 12.4. The molecule has 0 N–H and O–H groups in total. The lowest BCUT2D eigenvalue weighted by atomic mass is 10.0. The van der Waals surface area contributed by atoms with Crippen molar-refractivity contribution in [3.8, 4) is 5.75 Å². The standard InChI is InChI=1S/C13H19BrO2S/c1-3-5-6-10(4-2)9-16-12-7-11(8-15)17-13(12)14/h7-8,10H,3-6,9H2,1-2H3. The predicted molar refractivity (Wildman–Crippen MR) is 76.2 cm³/mol. The number of thiophene rings is 1. The summed E-state index contributed by atoms with van der Waals surface area (Å²) in [6, 6.07) is 1.80. The van der Waals surface area contributed by atoms with Gasteiger partial charge in [-0.05, 0) is 28.3 Å². The molecule has 0 aliphatic carbocycles. The maximum Gasteiger partial charge on any atom is 0.160 e. The van der Waals surface area contributed by atoms with Gasteiger partial charge in [0.2, 0.25) is 0 Å². The average Bonchev–Trinajstić information content (AvgIpc) is 2.70. The SMILES string of the molecule is CCCCC(CC)COc1cc(C=O)sc1Br. The van der Waals surface area contributed by atoms with Crippen LogP contribution in [0.4, 0.5) is 0 Å². The highest BCUT2D eigenvalue weighted by atomic mass is 79.9. The molecule has 1 atom stereocenters. The van der Waals surface area contributed by atoms with Crippen molar-refractivity contribution in [1.29, 1.82) is 0 Å². The van der Waals surface area contributed by atoms with Gasteiger partial charge in [-0.15, -0.1) is 11.3 Å². The molecule has 4 heteroatoms. The molecule has 17 heavy (non-hydrogen) atoms. The van der Waals surface area contributed by atoms with Gasteiger partial charge in [-0.3, -0.25) is 4.79 Å². The van der Waals surface area contributed by atoms with Crippen LogP contribution in [0.15, 0.2) is 9.85 Å². The minimum atomic E-state index is 0.612. The average molecular weight is 319 g/mol. The fourth-order valence-electron chi connectivity index (χ4n) is 1.63. The molecule has 0 aliphatic heterocycles. The highest BCUT2D eigenvalue weighted by Gasteiger charge is 2.11. The van der Waals surface area contributed by atoms with Crippen LogP contribution in [0.25, 0.3) is 0 Å². The van der Waals surface area contributed by atoms with Crippen molar-refractivity contribution in [2.24, 2.45) is 5.92 Å². The third-order valence-electron chi connectivity index (χ3n) is 2.81. The summed E-state index contributed by atoms with van der Waals surface area (Å²) in [7, 11) is 0. The summed E-state index contributed by atoms with van der Waals surface area (Å²) in [5.41, 5.74) is 0. The first-order valence-electron chi connectivity index (χ1n) is 6.08. The van der Waals surface area contributed by atoms with Crippen LogP contribution in [-0.2, 0) is 0 Å². The Bertz CT molecular complexity index is 349. The van der Waals surface area contributed by atoms with E-state index in [1.54, 1.807) is 6.07 Å². The van der Waals surface area contributed by atoms with E-state index >= 15 is 0 Å². The zero-order valence-electron chi connectivity index (χ0n) is 10.4. The molecule has 2 nitrogen and oxygen atoms in total. The van der Waals surface area contributed by atoms with E-state index in [9.17, 15) is 4.79 Å². The second-order valence-corrected chi connectivity index (χ2v) is 6.53. The minimum absolute atomic E-state index is 0.612. The number of unbranched alkanes of at least 4 members (excludes halogenated alkanes) is 1. The molecule has 0 bridgehead atoms. The Balaban J connectivity index is 2.47. The Labute approximate surface area is 115 Å². The molecule has 0 spiro atoms. The monoisotopic (exact) mass is 318 g/mol. The van der Waals surface area contributed by atoms with Crippen molar-refractivity contribution in [2.75, 3.05) is 6.61 Å². The molecule has 96 valence electrons. The van der Waals surface area contributed by atoms with Crippen molar-refractivity contribution >= 4 is 33.6 Å². The molecule has 1 heterocycles. The Morgan fingerprint density at radius 3 is 2.82 bits per heavy atom. The van der Waals surface area contributed by atoms with Crippen LogP contribution in [0.1, 0.15) is 49.2 Å². The molecule has 0 fully saturated rings. The zero-order valence-corrected chi connectivity index (χ0v) is 12.8. The number of carbonyl (C=O) groups excluding carboxylic acids is 1. The summed E-state index contributed by atoms with van der Waals surface area (Å²) in [5.74, 6) is 1.41. The van der Waals surface area contributed by atoms with Crippen LogP contribution in [0.2, 0.25) is 0 Å². The largest absolute Gasteiger partial charge is 0.491 e. The minimum Gasteiger partial charge on any atom is -0.491 e. The van der Waals surface area contributed by atoms with Gasteiger partial charge < -0.3 is 4.74 Å². The summed E-state index contributed by atoms with van der Waals surface area (Å²) in [4.78, 5) is 11.3. The number of carbonyl (C=O) groups is 1. The fourth-order valence-corrected chi connectivity index (χ4v) is 3.06. The Morgan fingerprint density at radius 1 is 1.53 bits per heavy atom. The maximum absolute atomic E-state index is 10.6. The van der Waals surface area contributed by atoms with E-state index in [1.807, 2.05) is 0 Å². The molecule has 1 rings (SSSR count). The van der Waals surface area contributed by atoms with E-state index in [0.717, 1.165) is 28.8 Å². The summed E-state index contributed by atoms with van der Waals surface area (Å²) < 4.78 is 6.68. The fraction of sp³-hybridized carbons (Fsp3) is 0.615. The van der Waals surface area contributed by atoms with Gasteiger partial charge in [0.1, 0.15) is 9.54 Å². The summed E-state index contributed by atoms with van der Waals surface area (Å²) in [6.07, 6.45) is 5.70. The van der Waals surface area contributed by atoms with Gasteiger partial charge in [-0.25, -0.2) is 0 Å². The molecule has 1 unspecified atom stereocenters. The first kappa shape index (κ1) is 14.7. The van der Waals surface area contributed by atoms with Gasteiger partial charge in [0.05, 0.1) is 11.5 Å². The molecule has 0 aliphatic rings. The highest BCUT2D eigenvalue weighted by molar-refractivity contribution is 9.11. The number of rotatable bonds is 8. The van der Waals surface area contributed by atoms with Crippen LogP contribution in [-0.4, -0.2) is 12.9 Å². The van der Waals surface area contributed by atoms with E-state index < -0.39 is 0 Å². The van der Waals surface area contributed by atoms with Gasteiger partial charge in [0.15, 0.2) is 6.29 Å². The maximum atomic E-state index is 10.6. The third-order valence-corrected chi connectivity index (χ3v) is 4.52. The Kier molecular flexibility index (Phi) is 6.82. The molecular formula is C13H19BrO2S. The van der Waals surface area contributed by atoms with E-state index in [4.69, 9.17) is 4.74 Å². The number of halogens is 1. The summed E-state index contributed by atoms with van der Waals surface area (Å²) in [5, 5.41) is 0. The predicted octanol–water partition coefficient (Wildman–Crippen LogP) is 4.92. The van der Waals surface area contributed by atoms with Crippen LogP contribution >= 0.6 is 27.3 Å². The lowest BCUT2D eigenvalue weighted by Gasteiger charge is -2.14. The van der Waals surface area contributed by atoms with Crippen LogP contribution in [0.3, 0.4) is 0 Å². The molecule has 1 aromatic rings. The van der Waals surface area contributed by atoms with Crippen LogP contribution < -0.4 is 4.74 Å². The topological polar surface area (TPSA) is 26.3 Å². The number of hydrogen-bond donors (Lipinski definition) is 0. The summed E-state index contributed by atoms with van der Waals surface area (Å²) in [6.45, 7) is 5.15. The molecule has 0 aromatic carbocycles. The van der Waals surface area contributed by atoms with Gasteiger partial charge in [0.25, 0.3) is 0 Å². The lowest BCUT2D eigenvalue weighted by Crippen LogP contribution is -2.11. The van der Waals surface area contributed by atoms with Gasteiger partial charge in [0, 0.05) is 6.07 Å². The van der Waals surface area contributed by atoms with Crippen molar-refractivity contribution in [2.45, 2.75) is 39.5 Å². The zero-order chi connectivity index (χ0) is 12.7. The van der Waals surface area contributed by atoms with E-state index in [-0.39, 0.29) is 0 Å². The van der Waals surface area contributed by atoms with Crippen LogP contribution in [0.5, 0.6) is 5.75 Å². The quantitative estimate of drug-likeness (QED) is 0.636. The molecule has 0 saturated heterocycles. The molecule has 1 aromatic heterocycles. The van der Waals surface area contributed by atoms with Gasteiger partial charge in [-0.1, -0.05) is 33.1 Å². The van der Waals surface area contributed by atoms with Crippen LogP contribution in [0, 0.1) is 5.92 Å². The summed E-state index contributed by atoms with van der Waals surface area (Å²) >= 11 is 4.83. The molecular weight excluding hydrogens is 300 g/mol. The van der Waals surface area contributed by atoms with E-state index in [1.165, 1.54) is 30.6 Å². The number of ether oxygens (including phenoxy) is 1. The molecule has 0 radical (unpaired) electrons. The van der Waals surface area contributed by atoms with E-state index in [0.29, 0.717) is 10.8 Å². The van der Waals surface area contributed by atoms with Crippen molar-refractivity contribution in [3.05, 3.63) is 14.7 Å². The number of aldehydes is 1. The smallest absolute Gasteiger partial charge is 0.160 e. The second-order valence-electron chi connectivity index (χ2n) is 4.13. The molecule has 0 amide bonds. The Hall–Kier alpha value is -0.350. The molecule has 0 saturated carbocycles. The first-order valence-corrected chi connectivity index (χ1v) is 7.69. The Morgan fingerprint density at radius 2 is 2.29 bits per heavy atom. The van der Waals surface area contributed by atoms with Gasteiger partial charge >= 0.3 is 0 Å². The van der Waals surface area contributed by atoms with Crippen molar-refractivity contribution in [1.82, 2.24) is 0 Å². The second kappa shape index (κ2) is 7.88.